The lowest BCUT2D eigenvalue weighted by Gasteiger charge is -2.25. The zero-order valence-electron chi connectivity index (χ0n) is 11.3. The average Bonchev–Trinajstić information content (AvgIpc) is 2.72. The predicted octanol–water partition coefficient (Wildman–Crippen LogP) is 2.70. The highest BCUT2D eigenvalue weighted by atomic mass is 17.0. The van der Waals surface area contributed by atoms with Crippen LogP contribution in [-0.2, 0) is 9.68 Å². The first kappa shape index (κ1) is 13.9. The quantitative estimate of drug-likeness (QED) is 0.621. The van der Waals surface area contributed by atoms with Gasteiger partial charge in [0.1, 0.15) is 6.10 Å². The van der Waals surface area contributed by atoms with Gasteiger partial charge >= 0.3 is 6.17 Å². The van der Waals surface area contributed by atoms with Crippen molar-refractivity contribution in [1.82, 2.24) is 5.23 Å². The van der Waals surface area contributed by atoms with Gasteiger partial charge in [0.2, 0.25) is 0 Å². The van der Waals surface area contributed by atoms with E-state index in [2.05, 4.69) is 0 Å². The fourth-order valence-corrected chi connectivity index (χ4v) is 1.90. The van der Waals surface area contributed by atoms with E-state index in [4.69, 9.17) is 9.68 Å². The summed E-state index contributed by atoms with van der Waals surface area (Å²) >= 11 is 0. The van der Waals surface area contributed by atoms with Crippen molar-refractivity contribution in [3.05, 3.63) is 46.0 Å². The molecule has 6 heteroatoms. The van der Waals surface area contributed by atoms with Gasteiger partial charge in [-0.2, -0.15) is 0 Å². The molecule has 1 aromatic carbocycles. The van der Waals surface area contributed by atoms with Gasteiger partial charge in [-0.3, -0.25) is 19.8 Å². The molecule has 0 N–H and O–H groups in total. The van der Waals surface area contributed by atoms with Crippen molar-refractivity contribution < 1.29 is 14.6 Å². The smallest absolute Gasteiger partial charge is 0.263 e. The van der Waals surface area contributed by atoms with Gasteiger partial charge in [-0.15, -0.1) is 0 Å². The van der Waals surface area contributed by atoms with E-state index in [-0.39, 0.29) is 17.4 Å². The molecule has 0 aromatic heterocycles. The van der Waals surface area contributed by atoms with Crippen LogP contribution in [0.5, 0.6) is 0 Å². The first-order valence-corrected chi connectivity index (χ1v) is 6.20. The molecule has 1 aliphatic heterocycles. The minimum absolute atomic E-state index is 0.271. The average molecular weight is 266 g/mol. The summed E-state index contributed by atoms with van der Waals surface area (Å²) in [5, 5.41) is 12.1. The highest BCUT2D eigenvalue weighted by Gasteiger charge is 2.45. The highest BCUT2D eigenvalue weighted by Crippen LogP contribution is 2.34. The molecule has 2 atom stereocenters. The van der Waals surface area contributed by atoms with Crippen LogP contribution in [0.1, 0.15) is 38.9 Å². The van der Waals surface area contributed by atoms with Gasteiger partial charge in [0.05, 0.1) is 12.0 Å². The summed E-state index contributed by atoms with van der Waals surface area (Å²) in [4.78, 5) is 21.8. The van der Waals surface area contributed by atoms with Crippen molar-refractivity contribution in [2.24, 2.45) is 0 Å². The van der Waals surface area contributed by atoms with Crippen molar-refractivity contribution in [2.45, 2.75) is 45.1 Å². The lowest BCUT2D eigenvalue weighted by Crippen LogP contribution is -2.40. The van der Waals surface area contributed by atoms with Crippen LogP contribution in [-0.4, -0.2) is 21.9 Å². The largest absolute Gasteiger partial charge is 0.315 e. The minimum atomic E-state index is -0.982. The van der Waals surface area contributed by atoms with Gasteiger partial charge in [-0.25, -0.2) is 0 Å². The number of nitro groups is 1. The summed E-state index contributed by atoms with van der Waals surface area (Å²) < 4.78 is 0. The Morgan fingerprint density at radius 1 is 1.37 bits per heavy atom. The van der Waals surface area contributed by atoms with Gasteiger partial charge in [0.25, 0.3) is 0 Å². The molecule has 2 unspecified atom stereocenters. The second kappa shape index (κ2) is 5.24. The summed E-state index contributed by atoms with van der Waals surface area (Å²) in [5.74, 6) is 0. The predicted molar refractivity (Wildman–Crippen MR) is 68.3 cm³/mol. The molecule has 1 fully saturated rings. The zero-order chi connectivity index (χ0) is 14.0. The van der Waals surface area contributed by atoms with Gasteiger partial charge in [0.15, 0.2) is 0 Å². The fourth-order valence-electron chi connectivity index (χ4n) is 1.90. The van der Waals surface area contributed by atoms with Crippen molar-refractivity contribution in [2.75, 3.05) is 0 Å². The number of hydrogen-bond donors (Lipinski definition) is 0. The zero-order valence-corrected chi connectivity index (χ0v) is 11.3. The second-order valence-electron chi connectivity index (χ2n) is 5.50. The summed E-state index contributed by atoms with van der Waals surface area (Å²) in [6.07, 6.45) is -1.06. The van der Waals surface area contributed by atoms with E-state index in [1.807, 2.05) is 51.1 Å². The highest BCUT2D eigenvalue weighted by molar-refractivity contribution is 5.18. The SMILES string of the molecule is CC(C)(C)ON1OC(c2ccccc2)CC1[N+](=O)[O-]. The molecular formula is C13H18N2O4. The molecule has 19 heavy (non-hydrogen) atoms. The van der Waals surface area contributed by atoms with Gasteiger partial charge in [-0.05, 0) is 26.3 Å². The van der Waals surface area contributed by atoms with Crippen LogP contribution in [0.3, 0.4) is 0 Å². The molecule has 0 radical (unpaired) electrons. The summed E-state index contributed by atoms with van der Waals surface area (Å²) in [7, 11) is 0. The van der Waals surface area contributed by atoms with E-state index in [9.17, 15) is 10.1 Å². The first-order chi connectivity index (χ1) is 8.87. The van der Waals surface area contributed by atoms with Crippen LogP contribution in [0.4, 0.5) is 0 Å². The van der Waals surface area contributed by atoms with Crippen LogP contribution >= 0.6 is 0 Å². The Hall–Kier alpha value is -1.50. The molecule has 1 aromatic rings. The molecule has 1 heterocycles. The maximum atomic E-state index is 11.1. The normalized spacial score (nSPS) is 24.6. The van der Waals surface area contributed by atoms with Crippen molar-refractivity contribution in [3.8, 4) is 0 Å². The maximum Gasteiger partial charge on any atom is 0.315 e. The van der Waals surface area contributed by atoms with E-state index in [1.54, 1.807) is 0 Å². The Bertz CT molecular complexity index is 444. The van der Waals surface area contributed by atoms with Crippen LogP contribution in [0.2, 0.25) is 0 Å². The van der Waals surface area contributed by atoms with E-state index >= 15 is 0 Å². The Balaban J connectivity index is 2.14. The van der Waals surface area contributed by atoms with E-state index < -0.39 is 11.8 Å². The Morgan fingerprint density at radius 3 is 2.53 bits per heavy atom. The lowest BCUT2D eigenvalue weighted by molar-refractivity contribution is -0.605. The second-order valence-corrected chi connectivity index (χ2v) is 5.50. The molecule has 2 rings (SSSR count). The minimum Gasteiger partial charge on any atom is -0.263 e. The number of nitrogens with zero attached hydrogens (tertiary/aromatic N) is 2. The number of hydrogen-bond acceptors (Lipinski definition) is 5. The lowest BCUT2D eigenvalue weighted by atomic mass is 10.1. The van der Waals surface area contributed by atoms with Crippen molar-refractivity contribution in [1.29, 1.82) is 0 Å². The van der Waals surface area contributed by atoms with Gasteiger partial charge in [-0.1, -0.05) is 30.3 Å². The van der Waals surface area contributed by atoms with Crippen LogP contribution < -0.4 is 0 Å². The van der Waals surface area contributed by atoms with Crippen LogP contribution in [0.15, 0.2) is 30.3 Å². The topological polar surface area (TPSA) is 64.8 Å². The molecule has 0 amide bonds. The summed E-state index contributed by atoms with van der Waals surface area (Å²) in [6.45, 7) is 5.47. The summed E-state index contributed by atoms with van der Waals surface area (Å²) in [5.41, 5.74) is 0.370. The molecule has 0 aliphatic carbocycles. The van der Waals surface area contributed by atoms with E-state index in [1.165, 1.54) is 0 Å². The van der Waals surface area contributed by atoms with Crippen LogP contribution in [0.25, 0.3) is 0 Å². The van der Waals surface area contributed by atoms with Crippen molar-refractivity contribution >= 4 is 0 Å². The molecule has 0 bridgehead atoms. The standard InChI is InChI=1S/C13H18N2O4/c1-13(2,3)19-15-12(14(16)17)9-11(18-15)10-7-5-4-6-8-10/h4-8,11-12H,9H2,1-3H3. The third kappa shape index (κ3) is 3.50. The fraction of sp³-hybridized carbons (Fsp3) is 0.538. The van der Waals surface area contributed by atoms with Crippen molar-refractivity contribution in [3.63, 3.8) is 0 Å². The Labute approximate surface area is 112 Å². The van der Waals surface area contributed by atoms with Crippen LogP contribution in [0, 0.1) is 10.1 Å². The molecule has 1 aliphatic rings. The number of benzene rings is 1. The molecular weight excluding hydrogens is 248 g/mol. The maximum absolute atomic E-state index is 11.1. The number of hydroxylamine groups is 2. The number of rotatable bonds is 3. The van der Waals surface area contributed by atoms with Gasteiger partial charge in [0, 0.05) is 10.1 Å². The third-order valence-corrected chi connectivity index (χ3v) is 2.68. The molecule has 6 nitrogen and oxygen atoms in total. The molecule has 0 saturated carbocycles. The monoisotopic (exact) mass is 266 g/mol. The Morgan fingerprint density at radius 2 is 2.00 bits per heavy atom. The molecule has 0 spiro atoms. The van der Waals surface area contributed by atoms with E-state index in [0.29, 0.717) is 0 Å². The van der Waals surface area contributed by atoms with Gasteiger partial charge < -0.3 is 0 Å². The third-order valence-electron chi connectivity index (χ3n) is 2.68. The van der Waals surface area contributed by atoms with E-state index in [0.717, 1.165) is 10.8 Å². The summed E-state index contributed by atoms with van der Waals surface area (Å²) in [6, 6.07) is 9.44. The molecule has 104 valence electrons. The molecule has 1 saturated heterocycles. The first-order valence-electron chi connectivity index (χ1n) is 6.20. The Kier molecular flexibility index (Phi) is 3.84.